The topological polar surface area (TPSA) is 78.9 Å². The predicted molar refractivity (Wildman–Crippen MR) is 110 cm³/mol. The maximum absolute atomic E-state index is 11.1. The van der Waals surface area contributed by atoms with Crippen LogP contribution in [0.4, 0.5) is 23.0 Å². The van der Waals surface area contributed by atoms with Crippen molar-refractivity contribution >= 4 is 28.9 Å². The molecule has 0 atom stereocenters. The minimum Gasteiger partial charge on any atom is -0.368 e. The Bertz CT molecular complexity index is 908. The number of anilines is 4. The first kappa shape index (κ1) is 18.4. The van der Waals surface area contributed by atoms with Gasteiger partial charge in [0.15, 0.2) is 5.82 Å². The molecule has 1 aromatic heterocycles. The third kappa shape index (κ3) is 5.28. The summed E-state index contributed by atoms with van der Waals surface area (Å²) in [5.74, 6) is 2.01. The van der Waals surface area contributed by atoms with Crippen molar-refractivity contribution in [2.75, 3.05) is 16.0 Å². The Balaban J connectivity index is 1.88. The molecule has 0 unspecified atom stereocenters. The van der Waals surface area contributed by atoms with Gasteiger partial charge in [0.25, 0.3) is 0 Å². The number of amides is 1. The van der Waals surface area contributed by atoms with Gasteiger partial charge in [0.2, 0.25) is 5.91 Å². The largest absolute Gasteiger partial charge is 0.368 e. The third-order valence-corrected chi connectivity index (χ3v) is 3.67. The fraction of sp³-hybridized carbons (Fsp3) is 0.190. The summed E-state index contributed by atoms with van der Waals surface area (Å²) in [6, 6.07) is 19.5. The van der Waals surface area contributed by atoms with E-state index in [2.05, 4.69) is 39.8 Å². The van der Waals surface area contributed by atoms with Crippen LogP contribution in [0, 0.1) is 0 Å². The summed E-state index contributed by atoms with van der Waals surface area (Å²) in [5, 5.41) is 9.39. The van der Waals surface area contributed by atoms with Gasteiger partial charge in [-0.15, -0.1) is 0 Å². The Labute approximate surface area is 159 Å². The third-order valence-electron chi connectivity index (χ3n) is 3.67. The van der Waals surface area contributed by atoms with Crippen LogP contribution in [0.2, 0.25) is 0 Å². The van der Waals surface area contributed by atoms with E-state index in [1.54, 1.807) is 0 Å². The molecule has 0 spiro atoms. The first-order chi connectivity index (χ1) is 13.0. The minimum atomic E-state index is -0.0941. The lowest BCUT2D eigenvalue weighted by atomic mass is 10.2. The van der Waals surface area contributed by atoms with E-state index in [0.29, 0.717) is 11.6 Å². The van der Waals surface area contributed by atoms with E-state index >= 15 is 0 Å². The highest BCUT2D eigenvalue weighted by atomic mass is 16.1. The zero-order valence-electron chi connectivity index (χ0n) is 15.7. The summed E-state index contributed by atoms with van der Waals surface area (Å²) in [6.45, 7) is 5.62. The van der Waals surface area contributed by atoms with Crippen molar-refractivity contribution in [1.29, 1.82) is 0 Å². The van der Waals surface area contributed by atoms with Crippen LogP contribution < -0.4 is 16.0 Å². The van der Waals surface area contributed by atoms with E-state index in [1.165, 1.54) is 6.92 Å². The van der Waals surface area contributed by atoms with Gasteiger partial charge in [-0.3, -0.25) is 4.79 Å². The van der Waals surface area contributed by atoms with Crippen molar-refractivity contribution < 1.29 is 4.79 Å². The SMILES string of the molecule is CC(=O)Nc1ccc(Nc2cc(NC(C)C)nc(-c3ccccc3)n2)cc1. The van der Waals surface area contributed by atoms with E-state index in [9.17, 15) is 4.79 Å². The number of nitrogens with one attached hydrogen (secondary N) is 3. The molecule has 0 bridgehead atoms. The number of carbonyl (C=O) groups excluding carboxylic acids is 1. The van der Waals surface area contributed by atoms with Crippen LogP contribution in [-0.2, 0) is 4.79 Å². The molecule has 0 aliphatic heterocycles. The Morgan fingerprint density at radius 3 is 2.15 bits per heavy atom. The lowest BCUT2D eigenvalue weighted by Gasteiger charge is -2.13. The zero-order valence-corrected chi connectivity index (χ0v) is 15.7. The van der Waals surface area contributed by atoms with Gasteiger partial charge < -0.3 is 16.0 Å². The smallest absolute Gasteiger partial charge is 0.221 e. The molecule has 0 aliphatic carbocycles. The van der Waals surface area contributed by atoms with Crippen LogP contribution in [-0.4, -0.2) is 21.9 Å². The van der Waals surface area contributed by atoms with Gasteiger partial charge >= 0.3 is 0 Å². The second-order valence-electron chi connectivity index (χ2n) is 6.51. The highest BCUT2D eigenvalue weighted by Gasteiger charge is 2.08. The van der Waals surface area contributed by atoms with Gasteiger partial charge in [-0.25, -0.2) is 9.97 Å². The molecule has 0 aliphatic rings. The molecule has 3 aromatic rings. The second-order valence-corrected chi connectivity index (χ2v) is 6.51. The van der Waals surface area contributed by atoms with Gasteiger partial charge in [-0.1, -0.05) is 30.3 Å². The van der Waals surface area contributed by atoms with Crippen molar-refractivity contribution in [2.45, 2.75) is 26.8 Å². The lowest BCUT2D eigenvalue weighted by molar-refractivity contribution is -0.114. The molecule has 0 fully saturated rings. The minimum absolute atomic E-state index is 0.0941. The molecule has 1 heterocycles. The second kappa shape index (κ2) is 8.31. The van der Waals surface area contributed by atoms with E-state index in [1.807, 2.05) is 60.7 Å². The number of benzene rings is 2. The molecule has 0 radical (unpaired) electrons. The van der Waals surface area contributed by atoms with Gasteiger partial charge in [0.05, 0.1) is 0 Å². The van der Waals surface area contributed by atoms with Crippen LogP contribution in [0.25, 0.3) is 11.4 Å². The number of nitrogens with zero attached hydrogens (tertiary/aromatic N) is 2. The van der Waals surface area contributed by atoms with Crippen molar-refractivity contribution in [3.63, 3.8) is 0 Å². The molecule has 27 heavy (non-hydrogen) atoms. The highest BCUT2D eigenvalue weighted by Crippen LogP contribution is 2.24. The van der Waals surface area contributed by atoms with Crippen LogP contribution in [0.15, 0.2) is 60.7 Å². The molecular formula is C21H23N5O. The van der Waals surface area contributed by atoms with Crippen molar-refractivity contribution in [3.05, 3.63) is 60.7 Å². The molecule has 1 amide bonds. The first-order valence-electron chi connectivity index (χ1n) is 8.85. The number of hydrogen-bond donors (Lipinski definition) is 3. The average molecular weight is 361 g/mol. The predicted octanol–water partition coefficient (Wildman–Crippen LogP) is 4.67. The summed E-state index contributed by atoms with van der Waals surface area (Å²) in [5.41, 5.74) is 2.58. The molecule has 138 valence electrons. The monoisotopic (exact) mass is 361 g/mol. The van der Waals surface area contributed by atoms with Gasteiger partial charge in [-0.2, -0.15) is 0 Å². The molecule has 3 N–H and O–H groups in total. The van der Waals surface area contributed by atoms with Gasteiger partial charge in [-0.05, 0) is 38.1 Å². The van der Waals surface area contributed by atoms with E-state index in [4.69, 9.17) is 0 Å². The molecular weight excluding hydrogens is 338 g/mol. The number of carbonyl (C=O) groups is 1. The van der Waals surface area contributed by atoms with Gasteiger partial charge in [0.1, 0.15) is 11.6 Å². The van der Waals surface area contributed by atoms with Gasteiger partial charge in [0, 0.05) is 36.0 Å². The summed E-state index contributed by atoms with van der Waals surface area (Å²) in [4.78, 5) is 20.4. The van der Waals surface area contributed by atoms with Crippen LogP contribution in [0.5, 0.6) is 0 Å². The van der Waals surface area contributed by atoms with Crippen LogP contribution in [0.3, 0.4) is 0 Å². The maximum atomic E-state index is 11.1. The fourth-order valence-corrected chi connectivity index (χ4v) is 2.59. The van der Waals surface area contributed by atoms with E-state index in [-0.39, 0.29) is 11.9 Å². The Morgan fingerprint density at radius 1 is 0.889 bits per heavy atom. The molecule has 0 saturated carbocycles. The normalized spacial score (nSPS) is 10.5. The Hall–Kier alpha value is -3.41. The maximum Gasteiger partial charge on any atom is 0.221 e. The van der Waals surface area contributed by atoms with Crippen molar-refractivity contribution in [1.82, 2.24) is 9.97 Å². The van der Waals surface area contributed by atoms with E-state index < -0.39 is 0 Å². The lowest BCUT2D eigenvalue weighted by Crippen LogP contribution is -2.12. The Morgan fingerprint density at radius 2 is 1.52 bits per heavy atom. The number of hydrogen-bond acceptors (Lipinski definition) is 5. The molecule has 2 aromatic carbocycles. The summed E-state index contributed by atoms with van der Waals surface area (Å²) in [6.07, 6.45) is 0. The summed E-state index contributed by atoms with van der Waals surface area (Å²) in [7, 11) is 0. The standard InChI is InChI=1S/C21H23N5O/c1-14(2)22-19-13-20(26-21(25-19)16-7-5-4-6-8-16)24-18-11-9-17(10-12-18)23-15(3)27/h4-14H,1-3H3,(H,23,27)(H2,22,24,25,26). The highest BCUT2D eigenvalue weighted by molar-refractivity contribution is 5.88. The molecule has 3 rings (SSSR count). The zero-order chi connectivity index (χ0) is 19.2. The summed E-state index contributed by atoms with van der Waals surface area (Å²) < 4.78 is 0. The number of rotatable bonds is 6. The average Bonchev–Trinajstić information content (AvgIpc) is 2.63. The fourth-order valence-electron chi connectivity index (χ4n) is 2.59. The van der Waals surface area contributed by atoms with E-state index in [0.717, 1.165) is 22.8 Å². The number of aromatic nitrogens is 2. The van der Waals surface area contributed by atoms with Crippen LogP contribution in [0.1, 0.15) is 20.8 Å². The molecule has 6 heteroatoms. The van der Waals surface area contributed by atoms with Crippen molar-refractivity contribution in [3.8, 4) is 11.4 Å². The summed E-state index contributed by atoms with van der Waals surface area (Å²) >= 11 is 0. The first-order valence-corrected chi connectivity index (χ1v) is 8.85. The quantitative estimate of drug-likeness (QED) is 0.595. The molecule has 6 nitrogen and oxygen atoms in total. The Kier molecular flexibility index (Phi) is 5.66. The van der Waals surface area contributed by atoms with Crippen molar-refractivity contribution in [2.24, 2.45) is 0 Å². The molecule has 0 saturated heterocycles. The van der Waals surface area contributed by atoms with Crippen LogP contribution >= 0.6 is 0 Å².